The molecule has 7 nitrogen and oxygen atoms in total. The second-order valence-electron chi connectivity index (χ2n) is 11.3. The molecule has 8 heteroatoms. The third-order valence-electron chi connectivity index (χ3n) is 8.19. The van der Waals surface area contributed by atoms with Crippen LogP contribution in [-0.4, -0.2) is 32.4 Å². The van der Waals surface area contributed by atoms with E-state index in [4.69, 9.17) is 9.47 Å². The first kappa shape index (κ1) is 30.8. The largest absolute Gasteiger partial charge is 0.392 e. The van der Waals surface area contributed by atoms with Crippen molar-refractivity contribution in [2.75, 3.05) is 5.75 Å². The second kappa shape index (κ2) is 14.3. The molecule has 1 fully saturated rings. The summed E-state index contributed by atoms with van der Waals surface area (Å²) in [5, 5.41) is 13.5. The molecule has 5 aromatic rings. The number of amides is 1. The lowest BCUT2D eigenvalue weighted by Gasteiger charge is -2.41. The van der Waals surface area contributed by atoms with Gasteiger partial charge in [0.1, 0.15) is 0 Å². The number of aryl methyl sites for hydroxylation is 1. The highest BCUT2D eigenvalue weighted by Crippen LogP contribution is 2.43. The van der Waals surface area contributed by atoms with Crippen LogP contribution in [0.1, 0.15) is 51.9 Å². The predicted octanol–water partition coefficient (Wildman–Crippen LogP) is 7.09. The molecule has 1 aromatic heterocycles. The Labute approximate surface area is 268 Å². The van der Waals surface area contributed by atoms with Gasteiger partial charge in [-0.2, -0.15) is 0 Å². The molecular formula is C37H37N3O4S. The van der Waals surface area contributed by atoms with Crippen molar-refractivity contribution in [3.8, 4) is 11.1 Å². The van der Waals surface area contributed by atoms with Crippen molar-refractivity contribution in [2.45, 2.75) is 43.7 Å². The molecule has 1 aliphatic rings. The number of hydrogen-bond acceptors (Lipinski definition) is 6. The molecule has 1 saturated heterocycles. The molecule has 6 rings (SSSR count). The lowest BCUT2D eigenvalue weighted by atomic mass is 9.91. The molecule has 1 aliphatic heterocycles. The minimum absolute atomic E-state index is 0.00339. The number of imidazole rings is 1. The first-order chi connectivity index (χ1) is 22.0. The van der Waals surface area contributed by atoms with Gasteiger partial charge in [0.05, 0.1) is 18.8 Å². The number of benzene rings is 4. The summed E-state index contributed by atoms with van der Waals surface area (Å²) < 4.78 is 15.4. The van der Waals surface area contributed by atoms with Crippen LogP contribution in [0, 0.1) is 5.92 Å². The number of hydrogen-bond donors (Lipinski definition) is 2. The topological polar surface area (TPSA) is 85.6 Å². The number of rotatable bonds is 10. The van der Waals surface area contributed by atoms with Crippen LogP contribution < -0.4 is 5.32 Å². The van der Waals surface area contributed by atoms with Crippen molar-refractivity contribution in [3.63, 3.8) is 0 Å². The summed E-state index contributed by atoms with van der Waals surface area (Å²) in [4.78, 5) is 17.1. The zero-order valence-corrected chi connectivity index (χ0v) is 26.2. The Morgan fingerprint density at radius 2 is 1.64 bits per heavy atom. The minimum Gasteiger partial charge on any atom is -0.392 e. The van der Waals surface area contributed by atoms with Crippen LogP contribution in [0.4, 0.5) is 0 Å². The third-order valence-corrected chi connectivity index (χ3v) is 9.33. The summed E-state index contributed by atoms with van der Waals surface area (Å²) in [6, 6.07) is 33.7. The van der Waals surface area contributed by atoms with Gasteiger partial charge in [-0.05, 0) is 52.1 Å². The zero-order valence-electron chi connectivity index (χ0n) is 25.4. The fraction of sp³-hybridized carbons (Fsp3) is 0.243. The number of ether oxygens (including phenoxy) is 2. The van der Waals surface area contributed by atoms with Gasteiger partial charge >= 0.3 is 0 Å². The van der Waals surface area contributed by atoms with Gasteiger partial charge in [0, 0.05) is 48.8 Å². The fourth-order valence-electron chi connectivity index (χ4n) is 5.56. The molecule has 4 aromatic carbocycles. The van der Waals surface area contributed by atoms with E-state index >= 15 is 0 Å². The van der Waals surface area contributed by atoms with Gasteiger partial charge < -0.3 is 24.5 Å². The summed E-state index contributed by atoms with van der Waals surface area (Å²) in [7, 11) is 2.00. The Morgan fingerprint density at radius 3 is 2.38 bits per heavy atom. The highest BCUT2D eigenvalue weighted by molar-refractivity contribution is 7.99. The Morgan fingerprint density at radius 1 is 0.889 bits per heavy atom. The van der Waals surface area contributed by atoms with E-state index in [0.717, 1.165) is 44.3 Å². The molecule has 230 valence electrons. The van der Waals surface area contributed by atoms with Gasteiger partial charge in [-0.15, -0.1) is 0 Å². The first-order valence-corrected chi connectivity index (χ1v) is 16.1. The van der Waals surface area contributed by atoms with Crippen LogP contribution in [0.3, 0.4) is 0 Å². The number of aliphatic hydroxyl groups is 1. The van der Waals surface area contributed by atoms with Gasteiger partial charge in [-0.3, -0.25) is 4.79 Å². The van der Waals surface area contributed by atoms with Crippen LogP contribution >= 0.6 is 11.8 Å². The maximum absolute atomic E-state index is 12.6. The number of aromatic nitrogens is 2. The van der Waals surface area contributed by atoms with Crippen molar-refractivity contribution >= 4 is 17.7 Å². The molecule has 4 unspecified atom stereocenters. The van der Waals surface area contributed by atoms with Gasteiger partial charge in [0.15, 0.2) is 11.4 Å². The molecule has 2 N–H and O–H groups in total. The molecular weight excluding hydrogens is 582 g/mol. The summed E-state index contributed by atoms with van der Waals surface area (Å²) in [6.07, 6.45) is 2.91. The number of carbonyl (C=O) groups is 1. The van der Waals surface area contributed by atoms with Crippen molar-refractivity contribution in [1.29, 1.82) is 0 Å². The van der Waals surface area contributed by atoms with E-state index < -0.39 is 6.29 Å². The number of carbonyl (C=O) groups excluding carboxylic acids is 1. The van der Waals surface area contributed by atoms with Gasteiger partial charge in [0.25, 0.3) is 5.91 Å². The van der Waals surface area contributed by atoms with Gasteiger partial charge in [-0.1, -0.05) is 97.5 Å². The minimum atomic E-state index is -0.566. The Bertz CT molecular complexity index is 1720. The van der Waals surface area contributed by atoms with E-state index in [2.05, 4.69) is 41.5 Å². The highest BCUT2D eigenvalue weighted by Gasteiger charge is 2.38. The molecule has 2 heterocycles. The molecule has 0 radical (unpaired) electrons. The highest BCUT2D eigenvalue weighted by atomic mass is 32.2. The molecule has 0 bridgehead atoms. The normalized spacial score (nSPS) is 19.7. The summed E-state index contributed by atoms with van der Waals surface area (Å²) in [5.74, 6) is 0.716. The Kier molecular flexibility index (Phi) is 9.76. The number of nitrogens with one attached hydrogen (secondary N) is 1. The lowest BCUT2D eigenvalue weighted by Crippen LogP contribution is -2.38. The summed E-state index contributed by atoms with van der Waals surface area (Å²) >= 11 is 1.68. The monoisotopic (exact) mass is 619 g/mol. The molecule has 45 heavy (non-hydrogen) atoms. The Hall–Kier alpha value is -4.21. The van der Waals surface area contributed by atoms with Crippen molar-refractivity contribution in [1.82, 2.24) is 14.9 Å². The van der Waals surface area contributed by atoms with Crippen molar-refractivity contribution in [3.05, 3.63) is 143 Å². The maximum atomic E-state index is 12.6. The van der Waals surface area contributed by atoms with Gasteiger partial charge in [0.2, 0.25) is 0 Å². The standard InChI is InChI=1S/C37H37N3O4S/c1-25-33(24-45-37-38-18-19-40(37)2)43-36(44-34(25)28-16-14-26(23-41)15-17-28)32-13-7-12-31(21-32)30-11-6-8-27(20-30)22-39-35(42)29-9-4-3-5-10-29/h3-21,25,33-34,36,41H,22-24H2,1-2H3,(H,39,42). The van der Waals surface area contributed by atoms with E-state index in [0.29, 0.717) is 12.1 Å². The smallest absolute Gasteiger partial charge is 0.251 e. The quantitative estimate of drug-likeness (QED) is 0.162. The molecule has 0 saturated carbocycles. The second-order valence-corrected chi connectivity index (χ2v) is 12.3. The average Bonchev–Trinajstić information content (AvgIpc) is 3.51. The summed E-state index contributed by atoms with van der Waals surface area (Å²) in [6.45, 7) is 2.60. The van der Waals surface area contributed by atoms with Crippen LogP contribution in [0.25, 0.3) is 11.1 Å². The van der Waals surface area contributed by atoms with E-state index in [1.807, 2.05) is 103 Å². The lowest BCUT2D eigenvalue weighted by molar-refractivity contribution is -0.268. The van der Waals surface area contributed by atoms with Crippen LogP contribution in [0.5, 0.6) is 0 Å². The maximum Gasteiger partial charge on any atom is 0.251 e. The molecule has 1 amide bonds. The van der Waals surface area contributed by atoms with Crippen molar-refractivity contribution < 1.29 is 19.4 Å². The summed E-state index contributed by atoms with van der Waals surface area (Å²) in [5.41, 5.74) is 6.60. The molecule has 0 aliphatic carbocycles. The number of aliphatic hydroxyl groups excluding tert-OH is 1. The van der Waals surface area contributed by atoms with E-state index in [9.17, 15) is 9.90 Å². The number of thioether (sulfide) groups is 1. The fourth-order valence-corrected chi connectivity index (χ4v) is 6.65. The molecule has 0 spiro atoms. The zero-order chi connectivity index (χ0) is 31.2. The Balaban J connectivity index is 1.22. The third kappa shape index (κ3) is 7.37. The predicted molar refractivity (Wildman–Crippen MR) is 176 cm³/mol. The van der Waals surface area contributed by atoms with Crippen LogP contribution in [0.2, 0.25) is 0 Å². The van der Waals surface area contributed by atoms with E-state index in [1.54, 1.807) is 11.8 Å². The SMILES string of the molecule is CC1C(CSc2nccn2C)OC(c2cccc(-c3cccc(CNC(=O)c4ccccc4)c3)c2)OC1c1ccc(CO)cc1. The van der Waals surface area contributed by atoms with E-state index in [1.165, 1.54) is 0 Å². The van der Waals surface area contributed by atoms with Crippen molar-refractivity contribution in [2.24, 2.45) is 13.0 Å². The molecule has 4 atom stereocenters. The number of nitrogens with zero attached hydrogens (tertiary/aromatic N) is 2. The first-order valence-electron chi connectivity index (χ1n) is 15.1. The van der Waals surface area contributed by atoms with Crippen LogP contribution in [-0.2, 0) is 29.7 Å². The van der Waals surface area contributed by atoms with E-state index in [-0.39, 0.29) is 30.6 Å². The van der Waals surface area contributed by atoms with Crippen LogP contribution in [0.15, 0.2) is 121 Å². The average molecular weight is 620 g/mol. The van der Waals surface area contributed by atoms with Gasteiger partial charge in [-0.25, -0.2) is 4.98 Å².